The molecule has 2 heterocycles. The van der Waals surface area contributed by atoms with Crippen molar-refractivity contribution in [2.45, 2.75) is 6.54 Å². The van der Waals surface area contributed by atoms with E-state index in [1.807, 2.05) is 31.1 Å². The Labute approximate surface area is 124 Å². The Balaban J connectivity index is 2.08. The standard InChI is InChI=1S/C13H14BrN3OS/c1-17(2)12-10(4-3-7-15-12)13(18)16-8-9-5-6-11(14)19-9/h3-7H,8H2,1-2H3,(H,16,18). The summed E-state index contributed by atoms with van der Waals surface area (Å²) in [5.41, 5.74) is 0.586. The molecular weight excluding hydrogens is 326 g/mol. The van der Waals surface area contributed by atoms with E-state index < -0.39 is 0 Å². The van der Waals surface area contributed by atoms with Gasteiger partial charge in [0.15, 0.2) is 0 Å². The first kappa shape index (κ1) is 14.0. The van der Waals surface area contributed by atoms with Crippen molar-refractivity contribution in [3.63, 3.8) is 0 Å². The number of pyridine rings is 1. The summed E-state index contributed by atoms with van der Waals surface area (Å²) in [5.74, 6) is 0.564. The molecule has 19 heavy (non-hydrogen) atoms. The van der Waals surface area contributed by atoms with Gasteiger partial charge >= 0.3 is 0 Å². The summed E-state index contributed by atoms with van der Waals surface area (Å²) >= 11 is 5.02. The first-order chi connectivity index (χ1) is 9.08. The lowest BCUT2D eigenvalue weighted by Gasteiger charge is -2.15. The number of thiophene rings is 1. The van der Waals surface area contributed by atoms with Gasteiger partial charge in [0.2, 0.25) is 0 Å². The van der Waals surface area contributed by atoms with Gasteiger partial charge in [0.1, 0.15) is 5.82 Å². The van der Waals surface area contributed by atoms with Crippen molar-refractivity contribution in [3.05, 3.63) is 44.7 Å². The Kier molecular flexibility index (Phi) is 4.55. The maximum absolute atomic E-state index is 12.2. The van der Waals surface area contributed by atoms with Gasteiger partial charge in [-0.3, -0.25) is 4.79 Å². The fraction of sp³-hybridized carbons (Fsp3) is 0.231. The molecule has 0 unspecified atom stereocenters. The van der Waals surface area contributed by atoms with Crippen molar-refractivity contribution in [2.24, 2.45) is 0 Å². The molecule has 0 fully saturated rings. The van der Waals surface area contributed by atoms with E-state index in [2.05, 4.69) is 26.2 Å². The quantitative estimate of drug-likeness (QED) is 0.931. The van der Waals surface area contributed by atoms with Gasteiger partial charge < -0.3 is 10.2 Å². The molecule has 0 aliphatic rings. The Bertz CT molecular complexity index is 583. The summed E-state index contributed by atoms with van der Waals surface area (Å²) in [6.45, 7) is 0.525. The number of amides is 1. The third kappa shape index (κ3) is 3.54. The first-order valence-electron chi connectivity index (χ1n) is 5.72. The number of carbonyl (C=O) groups is 1. The highest BCUT2D eigenvalue weighted by molar-refractivity contribution is 9.11. The summed E-state index contributed by atoms with van der Waals surface area (Å²) in [7, 11) is 3.74. The van der Waals surface area contributed by atoms with E-state index in [9.17, 15) is 4.79 Å². The molecule has 0 saturated heterocycles. The van der Waals surface area contributed by atoms with Crippen LogP contribution in [0.1, 0.15) is 15.2 Å². The van der Waals surface area contributed by atoms with Gasteiger partial charge in [0.05, 0.1) is 15.9 Å². The highest BCUT2D eigenvalue weighted by Crippen LogP contribution is 2.22. The van der Waals surface area contributed by atoms with E-state index in [0.29, 0.717) is 17.9 Å². The number of rotatable bonds is 4. The zero-order valence-corrected chi connectivity index (χ0v) is 13.1. The Hall–Kier alpha value is -1.40. The van der Waals surface area contributed by atoms with Gasteiger partial charge in [-0.05, 0) is 40.2 Å². The monoisotopic (exact) mass is 339 g/mol. The average Bonchev–Trinajstić information content (AvgIpc) is 2.81. The lowest BCUT2D eigenvalue weighted by Crippen LogP contribution is -2.25. The lowest BCUT2D eigenvalue weighted by molar-refractivity contribution is 0.0951. The number of hydrogen-bond acceptors (Lipinski definition) is 4. The smallest absolute Gasteiger partial charge is 0.255 e. The lowest BCUT2D eigenvalue weighted by atomic mass is 10.2. The summed E-state index contributed by atoms with van der Waals surface area (Å²) < 4.78 is 1.06. The SMILES string of the molecule is CN(C)c1ncccc1C(=O)NCc1ccc(Br)s1. The molecule has 2 aromatic heterocycles. The molecule has 6 heteroatoms. The molecule has 0 radical (unpaired) electrons. The molecule has 2 rings (SSSR count). The second kappa shape index (κ2) is 6.16. The van der Waals surface area contributed by atoms with Crippen LogP contribution in [0.4, 0.5) is 5.82 Å². The van der Waals surface area contributed by atoms with Crippen LogP contribution < -0.4 is 10.2 Å². The number of nitrogens with one attached hydrogen (secondary N) is 1. The second-order valence-corrected chi connectivity index (χ2v) is 6.71. The minimum atomic E-state index is -0.110. The van der Waals surface area contributed by atoms with Crippen LogP contribution in [0.2, 0.25) is 0 Å². The highest BCUT2D eigenvalue weighted by Gasteiger charge is 2.13. The van der Waals surface area contributed by atoms with Gasteiger partial charge in [0, 0.05) is 25.2 Å². The number of anilines is 1. The number of carbonyl (C=O) groups excluding carboxylic acids is 1. The van der Waals surface area contributed by atoms with Crippen LogP contribution >= 0.6 is 27.3 Å². The zero-order valence-electron chi connectivity index (χ0n) is 10.7. The first-order valence-corrected chi connectivity index (χ1v) is 7.33. The van der Waals surface area contributed by atoms with Gasteiger partial charge in [0.25, 0.3) is 5.91 Å². The van der Waals surface area contributed by atoms with Crippen molar-refractivity contribution in [1.29, 1.82) is 0 Å². The number of halogens is 1. The molecule has 0 aromatic carbocycles. The van der Waals surface area contributed by atoms with Crippen molar-refractivity contribution in [2.75, 3.05) is 19.0 Å². The molecular formula is C13H14BrN3OS. The predicted octanol–water partition coefficient (Wildman–Crippen LogP) is 2.90. The molecule has 1 amide bonds. The predicted molar refractivity (Wildman–Crippen MR) is 81.8 cm³/mol. The molecule has 4 nitrogen and oxygen atoms in total. The molecule has 0 aliphatic heterocycles. The maximum Gasteiger partial charge on any atom is 0.255 e. The average molecular weight is 340 g/mol. The van der Waals surface area contributed by atoms with Crippen molar-refractivity contribution in [3.8, 4) is 0 Å². The number of nitrogens with zero attached hydrogens (tertiary/aromatic N) is 2. The van der Waals surface area contributed by atoms with Crippen LogP contribution in [0.3, 0.4) is 0 Å². The highest BCUT2D eigenvalue weighted by atomic mass is 79.9. The van der Waals surface area contributed by atoms with E-state index in [1.165, 1.54) is 0 Å². The minimum Gasteiger partial charge on any atom is -0.362 e. The van der Waals surface area contributed by atoms with Gasteiger partial charge in [-0.15, -0.1) is 11.3 Å². The van der Waals surface area contributed by atoms with Crippen molar-refractivity contribution >= 4 is 39.0 Å². The van der Waals surface area contributed by atoms with E-state index in [4.69, 9.17) is 0 Å². The largest absolute Gasteiger partial charge is 0.362 e. The Morgan fingerprint density at radius 3 is 2.84 bits per heavy atom. The summed E-state index contributed by atoms with van der Waals surface area (Å²) in [6.07, 6.45) is 1.68. The summed E-state index contributed by atoms with van der Waals surface area (Å²) in [4.78, 5) is 19.3. The van der Waals surface area contributed by atoms with Crippen LogP contribution in [0.15, 0.2) is 34.2 Å². The fourth-order valence-electron chi connectivity index (χ4n) is 1.64. The molecule has 100 valence electrons. The molecule has 0 saturated carbocycles. The van der Waals surface area contributed by atoms with E-state index in [-0.39, 0.29) is 5.91 Å². The second-order valence-electron chi connectivity index (χ2n) is 4.16. The van der Waals surface area contributed by atoms with Gasteiger partial charge in [-0.25, -0.2) is 4.98 Å². The topological polar surface area (TPSA) is 45.2 Å². The summed E-state index contributed by atoms with van der Waals surface area (Å²) in [5, 5.41) is 2.91. The molecule has 1 N–H and O–H groups in total. The molecule has 0 atom stereocenters. The third-order valence-electron chi connectivity index (χ3n) is 2.51. The summed E-state index contributed by atoms with van der Waals surface area (Å²) in [6, 6.07) is 7.51. The third-order valence-corrected chi connectivity index (χ3v) is 4.13. The van der Waals surface area contributed by atoms with E-state index in [1.54, 1.807) is 29.7 Å². The van der Waals surface area contributed by atoms with Crippen LogP contribution in [-0.2, 0) is 6.54 Å². The molecule has 2 aromatic rings. The fourth-order valence-corrected chi connectivity index (χ4v) is 3.06. The van der Waals surface area contributed by atoms with Crippen LogP contribution in [0.5, 0.6) is 0 Å². The Morgan fingerprint density at radius 1 is 1.42 bits per heavy atom. The molecule has 0 bridgehead atoms. The van der Waals surface area contributed by atoms with Crippen LogP contribution in [0.25, 0.3) is 0 Å². The maximum atomic E-state index is 12.2. The zero-order chi connectivity index (χ0) is 13.8. The van der Waals surface area contributed by atoms with E-state index >= 15 is 0 Å². The van der Waals surface area contributed by atoms with Gasteiger partial charge in [-0.2, -0.15) is 0 Å². The number of hydrogen-bond donors (Lipinski definition) is 1. The van der Waals surface area contributed by atoms with Crippen molar-refractivity contribution < 1.29 is 4.79 Å². The van der Waals surface area contributed by atoms with Crippen LogP contribution in [-0.4, -0.2) is 25.0 Å². The van der Waals surface area contributed by atoms with Crippen molar-refractivity contribution in [1.82, 2.24) is 10.3 Å². The van der Waals surface area contributed by atoms with Crippen LogP contribution in [0, 0.1) is 0 Å². The molecule has 0 spiro atoms. The minimum absolute atomic E-state index is 0.110. The number of aromatic nitrogens is 1. The van der Waals surface area contributed by atoms with Gasteiger partial charge in [-0.1, -0.05) is 0 Å². The normalized spacial score (nSPS) is 10.3. The molecule has 0 aliphatic carbocycles. The Morgan fingerprint density at radius 2 is 2.21 bits per heavy atom. The van der Waals surface area contributed by atoms with E-state index in [0.717, 1.165) is 8.66 Å².